The molecule has 8 heavy (non-hydrogen) atoms. The monoisotopic (exact) mass is 281 g/mol. The van der Waals surface area contributed by atoms with Crippen LogP contribution >= 0.6 is 0 Å². The number of allylic oxidation sites excluding steroid dienone is 1. The van der Waals surface area contributed by atoms with Crippen molar-refractivity contribution in [3.05, 3.63) is 12.3 Å². The van der Waals surface area contributed by atoms with Crippen LogP contribution in [0.4, 0.5) is 0 Å². The Morgan fingerprint density at radius 1 is 1.62 bits per heavy atom. The van der Waals surface area contributed by atoms with Crippen LogP contribution in [0.15, 0.2) is 12.3 Å². The van der Waals surface area contributed by atoms with E-state index in [0.717, 1.165) is 0 Å². The summed E-state index contributed by atoms with van der Waals surface area (Å²) in [7, 11) is 2.09. The van der Waals surface area contributed by atoms with Gasteiger partial charge in [0.05, 0.1) is 0 Å². The van der Waals surface area contributed by atoms with Crippen LogP contribution < -0.4 is 0 Å². The van der Waals surface area contributed by atoms with Crippen molar-refractivity contribution in [1.29, 1.82) is 0 Å². The molecule has 1 fully saturated rings. The molecule has 1 aliphatic heterocycles. The Kier molecular flexibility index (Phi) is 3.39. The van der Waals surface area contributed by atoms with Crippen LogP contribution in [-0.4, -0.2) is 18.5 Å². The second-order valence-electron chi connectivity index (χ2n) is 2.09. The van der Waals surface area contributed by atoms with Gasteiger partial charge >= 0.3 is 0 Å². The molecule has 46 valence electrons. The zero-order chi connectivity index (χ0) is 5.28. The first kappa shape index (κ1) is 8.23. The standard InChI is InChI=1S/C6H11N.W/c1-6-4-3-5-7(6)2;/h1,3-5H2,2H3;. The molecule has 0 aliphatic carbocycles. The fourth-order valence-corrected chi connectivity index (χ4v) is 0.869. The van der Waals surface area contributed by atoms with E-state index >= 15 is 0 Å². The average Bonchev–Trinajstić information content (AvgIpc) is 1.91. The van der Waals surface area contributed by atoms with E-state index in [1.54, 1.807) is 0 Å². The fraction of sp³-hybridized carbons (Fsp3) is 0.667. The third-order valence-corrected chi connectivity index (χ3v) is 1.50. The van der Waals surface area contributed by atoms with Crippen LogP contribution in [0.5, 0.6) is 0 Å². The zero-order valence-corrected chi connectivity index (χ0v) is 8.12. The Balaban J connectivity index is 0.000000490. The Morgan fingerprint density at radius 2 is 2.25 bits per heavy atom. The summed E-state index contributed by atoms with van der Waals surface area (Å²) < 4.78 is 0. The predicted octanol–water partition coefficient (Wildman–Crippen LogP) is 1.22. The van der Waals surface area contributed by atoms with Gasteiger partial charge in [-0.2, -0.15) is 0 Å². The first-order chi connectivity index (χ1) is 3.30. The van der Waals surface area contributed by atoms with Crippen LogP contribution in [0.1, 0.15) is 12.8 Å². The molecule has 0 N–H and O–H groups in total. The number of hydrogen-bond donors (Lipinski definition) is 0. The van der Waals surface area contributed by atoms with E-state index in [1.165, 1.54) is 25.1 Å². The van der Waals surface area contributed by atoms with Crippen LogP contribution in [0.3, 0.4) is 0 Å². The minimum Gasteiger partial charge on any atom is -0.378 e. The summed E-state index contributed by atoms with van der Waals surface area (Å²) in [6.45, 7) is 5.07. The molecule has 0 aromatic rings. The molecule has 1 rings (SSSR count). The van der Waals surface area contributed by atoms with E-state index in [1.807, 2.05) is 0 Å². The Labute approximate surface area is 65.0 Å². The largest absolute Gasteiger partial charge is 0.378 e. The van der Waals surface area contributed by atoms with Gasteiger partial charge in [-0.25, -0.2) is 0 Å². The van der Waals surface area contributed by atoms with Crippen molar-refractivity contribution < 1.29 is 21.1 Å². The van der Waals surface area contributed by atoms with Crippen molar-refractivity contribution in [3.63, 3.8) is 0 Å². The molecule has 0 unspecified atom stereocenters. The molecule has 1 aliphatic rings. The minimum atomic E-state index is 0. The molecule has 0 radical (unpaired) electrons. The second kappa shape index (κ2) is 3.29. The van der Waals surface area contributed by atoms with Gasteiger partial charge in [0.15, 0.2) is 0 Å². The van der Waals surface area contributed by atoms with E-state index < -0.39 is 0 Å². The second-order valence-corrected chi connectivity index (χ2v) is 2.09. The molecule has 1 heterocycles. The molecule has 0 aromatic heterocycles. The van der Waals surface area contributed by atoms with Gasteiger partial charge in [-0.3, -0.25) is 0 Å². The maximum atomic E-state index is 3.86. The molecule has 0 bridgehead atoms. The smallest absolute Gasteiger partial charge is 0.0175 e. The van der Waals surface area contributed by atoms with Gasteiger partial charge in [0, 0.05) is 40.4 Å². The van der Waals surface area contributed by atoms with E-state index in [0.29, 0.717) is 0 Å². The Hall–Kier alpha value is 0.228. The summed E-state index contributed by atoms with van der Waals surface area (Å²) in [6.07, 6.45) is 2.51. The topological polar surface area (TPSA) is 3.24 Å². The van der Waals surface area contributed by atoms with Crippen LogP contribution in [0.25, 0.3) is 0 Å². The van der Waals surface area contributed by atoms with Crippen molar-refractivity contribution in [2.24, 2.45) is 0 Å². The van der Waals surface area contributed by atoms with Crippen LogP contribution in [0.2, 0.25) is 0 Å². The number of nitrogens with zero attached hydrogens (tertiary/aromatic N) is 1. The van der Waals surface area contributed by atoms with Gasteiger partial charge in [0.25, 0.3) is 0 Å². The molecule has 1 saturated heterocycles. The average molecular weight is 281 g/mol. The molecule has 0 saturated carbocycles. The maximum Gasteiger partial charge on any atom is 0.0175 e. The van der Waals surface area contributed by atoms with Crippen molar-refractivity contribution in [2.45, 2.75) is 12.8 Å². The third-order valence-electron chi connectivity index (χ3n) is 1.50. The van der Waals surface area contributed by atoms with Crippen LogP contribution in [-0.2, 0) is 21.1 Å². The Bertz CT molecular complexity index is 90.5. The van der Waals surface area contributed by atoms with Crippen molar-refractivity contribution in [1.82, 2.24) is 4.90 Å². The predicted molar refractivity (Wildman–Crippen MR) is 31.0 cm³/mol. The molecule has 0 spiro atoms. The fourth-order valence-electron chi connectivity index (χ4n) is 0.869. The summed E-state index contributed by atoms with van der Waals surface area (Å²) in [6, 6.07) is 0. The van der Waals surface area contributed by atoms with E-state index in [9.17, 15) is 0 Å². The van der Waals surface area contributed by atoms with Gasteiger partial charge in [0.2, 0.25) is 0 Å². The molecule has 0 amide bonds. The molecule has 0 aromatic carbocycles. The SMILES string of the molecule is C=C1CCCN1C.[W]. The Morgan fingerprint density at radius 3 is 2.38 bits per heavy atom. The summed E-state index contributed by atoms with van der Waals surface area (Å²) in [5.41, 5.74) is 1.29. The first-order valence-corrected chi connectivity index (χ1v) is 2.69. The van der Waals surface area contributed by atoms with E-state index in [2.05, 4.69) is 18.5 Å². The van der Waals surface area contributed by atoms with E-state index in [-0.39, 0.29) is 21.1 Å². The van der Waals surface area contributed by atoms with Gasteiger partial charge < -0.3 is 4.90 Å². The minimum absolute atomic E-state index is 0. The summed E-state index contributed by atoms with van der Waals surface area (Å²) in [5.74, 6) is 0. The third kappa shape index (κ3) is 1.63. The summed E-state index contributed by atoms with van der Waals surface area (Å²) >= 11 is 0. The molecule has 0 atom stereocenters. The molecular formula is C6H11NW. The molecule has 2 heteroatoms. The quantitative estimate of drug-likeness (QED) is 0.645. The normalized spacial score (nSPS) is 18.6. The van der Waals surface area contributed by atoms with Gasteiger partial charge in [-0.05, 0) is 12.8 Å². The first-order valence-electron chi connectivity index (χ1n) is 2.69. The van der Waals surface area contributed by atoms with Gasteiger partial charge in [-0.1, -0.05) is 6.58 Å². The number of rotatable bonds is 0. The van der Waals surface area contributed by atoms with E-state index in [4.69, 9.17) is 0 Å². The number of likely N-dealkylation sites (tertiary alicyclic amines) is 1. The molecule has 1 nitrogen and oxygen atoms in total. The van der Waals surface area contributed by atoms with Crippen molar-refractivity contribution >= 4 is 0 Å². The van der Waals surface area contributed by atoms with Crippen LogP contribution in [0, 0.1) is 0 Å². The summed E-state index contributed by atoms with van der Waals surface area (Å²) in [4.78, 5) is 2.21. The summed E-state index contributed by atoms with van der Waals surface area (Å²) in [5, 5.41) is 0. The van der Waals surface area contributed by atoms with Gasteiger partial charge in [0.1, 0.15) is 0 Å². The molecular weight excluding hydrogens is 270 g/mol. The van der Waals surface area contributed by atoms with Gasteiger partial charge in [-0.15, -0.1) is 0 Å². The van der Waals surface area contributed by atoms with Crippen molar-refractivity contribution in [3.8, 4) is 0 Å². The zero-order valence-electron chi connectivity index (χ0n) is 5.18. The maximum absolute atomic E-state index is 3.86. The number of hydrogen-bond acceptors (Lipinski definition) is 1. The van der Waals surface area contributed by atoms with Crippen molar-refractivity contribution in [2.75, 3.05) is 13.6 Å².